The number of hydrogen-bond donors (Lipinski definition) is 1. The predicted octanol–water partition coefficient (Wildman–Crippen LogP) is 1.37. The van der Waals surface area contributed by atoms with E-state index in [2.05, 4.69) is 24.8 Å². The van der Waals surface area contributed by atoms with Gasteiger partial charge in [-0.15, -0.1) is 0 Å². The molecule has 0 aliphatic heterocycles. The molecule has 0 heterocycles. The summed E-state index contributed by atoms with van der Waals surface area (Å²) >= 11 is 8.39. The second-order valence-corrected chi connectivity index (χ2v) is 3.56. The molecule has 0 fully saturated rings. The molecule has 0 aromatic heterocycles. The van der Waals surface area contributed by atoms with E-state index in [0.717, 1.165) is 0 Å². The Bertz CT molecular complexity index is 97.6. The van der Waals surface area contributed by atoms with Gasteiger partial charge in [0.2, 0.25) is 4.38 Å². The predicted molar refractivity (Wildman–Crippen MR) is 49.6 cm³/mol. The van der Waals surface area contributed by atoms with E-state index >= 15 is 0 Å². The molecule has 0 aromatic rings. The summed E-state index contributed by atoms with van der Waals surface area (Å²) in [4.78, 5) is 0. The van der Waals surface area contributed by atoms with Gasteiger partial charge in [0, 0.05) is 0 Å². The third kappa shape index (κ3) is 13.0. The van der Waals surface area contributed by atoms with E-state index in [-0.39, 0.29) is 57.0 Å². The zero-order valence-corrected chi connectivity index (χ0v) is 6.97. The summed E-state index contributed by atoms with van der Waals surface area (Å²) in [6.07, 6.45) is 0. The van der Waals surface area contributed by atoms with E-state index in [1.165, 1.54) is 0 Å². The van der Waals surface area contributed by atoms with Crippen molar-refractivity contribution in [1.29, 1.82) is 0 Å². The Morgan fingerprint density at radius 1 is 1.44 bits per heavy atom. The van der Waals surface area contributed by atoms with Crippen LogP contribution < -0.4 is 0 Å². The summed E-state index contributed by atoms with van der Waals surface area (Å²) in [5.74, 6) is 0. The van der Waals surface area contributed by atoms with Gasteiger partial charge >= 0.3 is 51.4 Å². The third-order valence-electron chi connectivity index (χ3n) is 0.393. The van der Waals surface area contributed by atoms with Crippen LogP contribution >= 0.6 is 24.8 Å². The van der Waals surface area contributed by atoms with Gasteiger partial charge in [0.15, 0.2) is 0 Å². The number of rotatable bonds is 0. The molecule has 0 aromatic carbocycles. The van der Waals surface area contributed by atoms with Crippen LogP contribution in [0.3, 0.4) is 0 Å². The first-order valence-corrected chi connectivity index (χ1v) is 3.19. The van der Waals surface area contributed by atoms with Crippen molar-refractivity contribution in [3.8, 4) is 0 Å². The fraction of sp³-hybridized carbons (Fsp3) is 0.800. The molecule has 0 bridgehead atoms. The fourth-order valence-electron chi connectivity index (χ4n) is 0.262. The van der Waals surface area contributed by atoms with Gasteiger partial charge in [-0.05, 0) is 33.0 Å². The van der Waals surface area contributed by atoms with Crippen LogP contribution in [0.2, 0.25) is 0 Å². The van der Waals surface area contributed by atoms with Crippen molar-refractivity contribution in [2.24, 2.45) is 0 Å². The van der Waals surface area contributed by atoms with Crippen LogP contribution in [-0.4, -0.2) is 61.4 Å². The maximum atomic E-state index is 5.03. The molecule has 0 amide bonds. The number of ether oxygens (including phenoxy) is 1. The van der Waals surface area contributed by atoms with Crippen molar-refractivity contribution in [2.75, 3.05) is 0 Å². The SMILES string of the molecule is CC(C)(C)OC(=S)S.[KH]. The molecule has 0 spiro atoms. The van der Waals surface area contributed by atoms with Crippen molar-refractivity contribution in [1.82, 2.24) is 0 Å². The third-order valence-corrected chi connectivity index (χ3v) is 0.568. The average Bonchev–Trinajstić information content (AvgIpc) is 1.21. The van der Waals surface area contributed by atoms with E-state index < -0.39 is 0 Å². The van der Waals surface area contributed by atoms with Gasteiger partial charge in [0.1, 0.15) is 5.60 Å². The zero-order chi connectivity index (χ0) is 6.78. The number of thiol groups is 1. The van der Waals surface area contributed by atoms with Crippen LogP contribution in [0.15, 0.2) is 0 Å². The van der Waals surface area contributed by atoms with E-state index in [0.29, 0.717) is 4.38 Å². The molecule has 0 aliphatic rings. The van der Waals surface area contributed by atoms with Gasteiger partial charge in [-0.1, -0.05) is 12.6 Å². The van der Waals surface area contributed by atoms with E-state index in [1.54, 1.807) is 0 Å². The standard InChI is InChI=1S/C5H10OS2.K.H/c1-5(2,3)6-4(7)8;;/h1-3H3,(H,7,8);;. The fourth-order valence-corrected chi connectivity index (χ4v) is 0.786. The molecule has 0 aliphatic carbocycles. The van der Waals surface area contributed by atoms with Gasteiger partial charge in [-0.2, -0.15) is 0 Å². The molecular weight excluding hydrogens is 179 g/mol. The molecule has 1 nitrogen and oxygen atoms in total. The van der Waals surface area contributed by atoms with Crippen LogP contribution in [0.5, 0.6) is 0 Å². The number of hydrogen-bond acceptors (Lipinski definition) is 2. The summed E-state index contributed by atoms with van der Waals surface area (Å²) in [5.41, 5.74) is -0.196. The van der Waals surface area contributed by atoms with Gasteiger partial charge in [-0.3, -0.25) is 0 Å². The Kier molecular flexibility index (Phi) is 8.25. The summed E-state index contributed by atoms with van der Waals surface area (Å²) in [7, 11) is 0. The van der Waals surface area contributed by atoms with Crippen LogP contribution in [0.25, 0.3) is 0 Å². The van der Waals surface area contributed by atoms with Gasteiger partial charge < -0.3 is 4.74 Å². The van der Waals surface area contributed by atoms with Gasteiger partial charge in [0.05, 0.1) is 0 Å². The molecular formula is C5H11KOS2. The summed E-state index contributed by atoms with van der Waals surface area (Å²) < 4.78 is 5.34. The van der Waals surface area contributed by atoms with Crippen LogP contribution in [0.1, 0.15) is 20.8 Å². The van der Waals surface area contributed by atoms with Gasteiger partial charge in [0.25, 0.3) is 0 Å². The Hall–Kier alpha value is 1.88. The van der Waals surface area contributed by atoms with Crippen LogP contribution in [-0.2, 0) is 4.74 Å². The van der Waals surface area contributed by atoms with Crippen molar-refractivity contribution in [3.63, 3.8) is 0 Å². The molecule has 4 heteroatoms. The Morgan fingerprint density at radius 3 is 1.78 bits per heavy atom. The normalized spacial score (nSPS) is 9.78. The monoisotopic (exact) mass is 190 g/mol. The number of thiocarbonyl (C=S) groups is 1. The topological polar surface area (TPSA) is 9.23 Å². The van der Waals surface area contributed by atoms with Crippen molar-refractivity contribution in [2.45, 2.75) is 26.4 Å². The quantitative estimate of drug-likeness (QED) is 0.351. The second kappa shape index (κ2) is 5.52. The van der Waals surface area contributed by atoms with E-state index in [1.807, 2.05) is 20.8 Å². The first-order chi connectivity index (χ1) is 3.42. The first kappa shape index (κ1) is 13.5. The minimum atomic E-state index is -0.196. The first-order valence-electron chi connectivity index (χ1n) is 2.34. The Morgan fingerprint density at radius 2 is 1.78 bits per heavy atom. The Labute approximate surface area is 110 Å². The Balaban J connectivity index is 0. The summed E-state index contributed by atoms with van der Waals surface area (Å²) in [5, 5.41) is 0. The van der Waals surface area contributed by atoms with Crippen molar-refractivity contribution >= 4 is 80.6 Å². The van der Waals surface area contributed by atoms with Gasteiger partial charge in [-0.25, -0.2) is 0 Å². The second-order valence-electron chi connectivity index (χ2n) is 2.48. The molecule has 0 unspecified atom stereocenters. The van der Waals surface area contributed by atoms with E-state index in [4.69, 9.17) is 4.74 Å². The van der Waals surface area contributed by atoms with Crippen LogP contribution in [0, 0.1) is 0 Å². The summed E-state index contributed by atoms with van der Waals surface area (Å²) in [6.45, 7) is 5.78. The molecule has 0 saturated heterocycles. The molecule has 0 N–H and O–H groups in total. The van der Waals surface area contributed by atoms with Crippen LogP contribution in [0.4, 0.5) is 0 Å². The molecule has 9 heavy (non-hydrogen) atoms. The average molecular weight is 190 g/mol. The maximum absolute atomic E-state index is 5.03. The molecule has 0 rings (SSSR count). The zero-order valence-electron chi connectivity index (χ0n) is 5.26. The molecule has 50 valence electrons. The van der Waals surface area contributed by atoms with E-state index in [9.17, 15) is 0 Å². The minimum absolute atomic E-state index is 0. The van der Waals surface area contributed by atoms with Crippen molar-refractivity contribution < 1.29 is 4.74 Å². The molecule has 0 saturated carbocycles. The molecule has 0 radical (unpaired) electrons. The van der Waals surface area contributed by atoms with Crippen molar-refractivity contribution in [3.05, 3.63) is 0 Å². The molecule has 0 atom stereocenters. The summed E-state index contributed by atoms with van der Waals surface area (Å²) in [6, 6.07) is 0.